The van der Waals surface area contributed by atoms with E-state index in [1.54, 1.807) is 13.8 Å². The molecule has 0 aromatic carbocycles. The lowest BCUT2D eigenvalue weighted by Crippen LogP contribution is -2.47. The Hall–Kier alpha value is -1.15. The van der Waals surface area contributed by atoms with Crippen molar-refractivity contribution in [1.29, 1.82) is 0 Å². The van der Waals surface area contributed by atoms with Gasteiger partial charge in [-0.2, -0.15) is 0 Å². The number of piperidine rings is 1. The zero-order valence-corrected chi connectivity index (χ0v) is 13.6. The van der Waals surface area contributed by atoms with Crippen LogP contribution in [-0.2, 0) is 19.6 Å². The maximum absolute atomic E-state index is 12.5. The van der Waals surface area contributed by atoms with E-state index in [-0.39, 0.29) is 24.9 Å². The average Bonchev–Trinajstić information content (AvgIpc) is 2.42. The molecule has 1 saturated heterocycles. The molecule has 21 heavy (non-hydrogen) atoms. The predicted molar refractivity (Wildman–Crippen MR) is 78.2 cm³/mol. The molecule has 2 atom stereocenters. The summed E-state index contributed by atoms with van der Waals surface area (Å²) in [6.45, 7) is 4.56. The third-order valence-corrected chi connectivity index (χ3v) is 5.08. The van der Waals surface area contributed by atoms with E-state index in [1.807, 2.05) is 0 Å². The number of carboxylic acids is 1. The molecule has 0 spiro atoms. The summed E-state index contributed by atoms with van der Waals surface area (Å²) in [7, 11) is -3.29. The fourth-order valence-corrected chi connectivity index (χ4v) is 3.40. The molecule has 1 N–H and O–H groups in total. The van der Waals surface area contributed by atoms with Crippen molar-refractivity contribution in [3.63, 3.8) is 0 Å². The van der Waals surface area contributed by atoms with Crippen LogP contribution in [0.25, 0.3) is 0 Å². The van der Waals surface area contributed by atoms with Gasteiger partial charge in [0.1, 0.15) is 0 Å². The van der Waals surface area contributed by atoms with Gasteiger partial charge in [0, 0.05) is 26.2 Å². The highest BCUT2D eigenvalue weighted by atomic mass is 32.2. The molecule has 1 aliphatic heterocycles. The number of carboxylic acid groups (broad SMARTS) is 1. The van der Waals surface area contributed by atoms with Crippen LogP contribution in [0.5, 0.6) is 0 Å². The van der Waals surface area contributed by atoms with Gasteiger partial charge in [0.25, 0.3) is 0 Å². The zero-order chi connectivity index (χ0) is 16.2. The summed E-state index contributed by atoms with van der Waals surface area (Å²) >= 11 is 0. The number of rotatable bonds is 6. The lowest BCUT2D eigenvalue weighted by Gasteiger charge is -2.33. The van der Waals surface area contributed by atoms with Gasteiger partial charge < -0.3 is 10.0 Å². The number of hydrogen-bond acceptors (Lipinski definition) is 4. The first-order valence-electron chi connectivity index (χ1n) is 7.13. The molecule has 0 aromatic rings. The molecular weight excluding hydrogens is 296 g/mol. The first-order chi connectivity index (χ1) is 9.66. The molecule has 0 aromatic heterocycles. The highest BCUT2D eigenvalue weighted by Gasteiger charge is 2.33. The summed E-state index contributed by atoms with van der Waals surface area (Å²) in [6.07, 6.45) is 2.43. The third kappa shape index (κ3) is 4.96. The zero-order valence-electron chi connectivity index (χ0n) is 12.8. The second-order valence-electron chi connectivity index (χ2n) is 5.58. The Bertz CT molecular complexity index is 491. The minimum atomic E-state index is -3.29. The van der Waals surface area contributed by atoms with E-state index in [1.165, 1.54) is 9.21 Å². The summed E-state index contributed by atoms with van der Waals surface area (Å²) < 4.78 is 24.5. The standard InChI is InChI=1S/C13H24N2O5S/c1-4-14(8-10(2)13(17)18)12(16)11-6-5-7-15(9-11)21(3,19)20/h10-11H,4-9H2,1-3H3,(H,17,18). The van der Waals surface area contributed by atoms with Gasteiger partial charge in [-0.1, -0.05) is 6.92 Å². The second kappa shape index (κ2) is 7.22. The summed E-state index contributed by atoms with van der Waals surface area (Å²) in [5, 5.41) is 8.94. The summed E-state index contributed by atoms with van der Waals surface area (Å²) in [5.74, 6) is -2.11. The van der Waals surface area contributed by atoms with E-state index >= 15 is 0 Å². The quantitative estimate of drug-likeness (QED) is 0.756. The Kier molecular flexibility index (Phi) is 6.15. The van der Waals surface area contributed by atoms with Crippen LogP contribution in [0.15, 0.2) is 0 Å². The van der Waals surface area contributed by atoms with Crippen LogP contribution < -0.4 is 0 Å². The number of carbonyl (C=O) groups is 2. The van der Waals surface area contributed by atoms with E-state index in [9.17, 15) is 18.0 Å². The van der Waals surface area contributed by atoms with Crippen LogP contribution in [0.3, 0.4) is 0 Å². The van der Waals surface area contributed by atoms with Crippen LogP contribution in [0.2, 0.25) is 0 Å². The summed E-state index contributed by atoms with van der Waals surface area (Å²) in [4.78, 5) is 24.9. The first-order valence-corrected chi connectivity index (χ1v) is 8.98. The number of nitrogens with zero attached hydrogens (tertiary/aromatic N) is 2. The van der Waals surface area contributed by atoms with Gasteiger partial charge in [-0.3, -0.25) is 9.59 Å². The van der Waals surface area contributed by atoms with Crippen molar-refractivity contribution in [3.05, 3.63) is 0 Å². The van der Waals surface area contributed by atoms with Crippen molar-refractivity contribution in [2.24, 2.45) is 11.8 Å². The van der Waals surface area contributed by atoms with E-state index in [2.05, 4.69) is 0 Å². The minimum Gasteiger partial charge on any atom is -0.481 e. The highest BCUT2D eigenvalue weighted by molar-refractivity contribution is 7.88. The topological polar surface area (TPSA) is 95.0 Å². The summed E-state index contributed by atoms with van der Waals surface area (Å²) in [6, 6.07) is 0. The molecule has 0 bridgehead atoms. The molecule has 0 radical (unpaired) electrons. The molecule has 1 aliphatic rings. The van der Waals surface area contributed by atoms with E-state index in [0.717, 1.165) is 6.26 Å². The Morgan fingerprint density at radius 2 is 2.05 bits per heavy atom. The van der Waals surface area contributed by atoms with Crippen LogP contribution in [0.1, 0.15) is 26.7 Å². The minimum absolute atomic E-state index is 0.153. The van der Waals surface area contributed by atoms with Gasteiger partial charge in [0.05, 0.1) is 18.1 Å². The first kappa shape index (κ1) is 17.9. The van der Waals surface area contributed by atoms with Gasteiger partial charge in [0.15, 0.2) is 0 Å². The van der Waals surface area contributed by atoms with Crippen LogP contribution in [0.4, 0.5) is 0 Å². The van der Waals surface area contributed by atoms with Crippen molar-refractivity contribution in [2.45, 2.75) is 26.7 Å². The van der Waals surface area contributed by atoms with E-state index in [0.29, 0.717) is 25.9 Å². The molecule has 122 valence electrons. The van der Waals surface area contributed by atoms with E-state index in [4.69, 9.17) is 5.11 Å². The number of sulfonamides is 1. The molecule has 1 rings (SSSR count). The largest absolute Gasteiger partial charge is 0.481 e. The summed E-state index contributed by atoms with van der Waals surface area (Å²) in [5.41, 5.74) is 0. The number of aliphatic carboxylic acids is 1. The fourth-order valence-electron chi connectivity index (χ4n) is 2.49. The van der Waals surface area contributed by atoms with Crippen LogP contribution >= 0.6 is 0 Å². The van der Waals surface area contributed by atoms with Gasteiger partial charge in [-0.15, -0.1) is 0 Å². The molecule has 8 heteroatoms. The monoisotopic (exact) mass is 320 g/mol. The van der Waals surface area contributed by atoms with Crippen molar-refractivity contribution < 1.29 is 23.1 Å². The van der Waals surface area contributed by atoms with Crippen molar-refractivity contribution >= 4 is 21.9 Å². The SMILES string of the molecule is CCN(CC(C)C(=O)O)C(=O)C1CCCN(S(C)(=O)=O)C1. The van der Waals surface area contributed by atoms with Gasteiger partial charge in [-0.25, -0.2) is 12.7 Å². The normalized spacial score (nSPS) is 21.8. The third-order valence-electron chi connectivity index (χ3n) is 3.81. The Morgan fingerprint density at radius 3 is 2.52 bits per heavy atom. The number of carbonyl (C=O) groups excluding carboxylic acids is 1. The maximum Gasteiger partial charge on any atom is 0.308 e. The smallest absolute Gasteiger partial charge is 0.308 e. The second-order valence-corrected chi connectivity index (χ2v) is 7.56. The van der Waals surface area contributed by atoms with Crippen LogP contribution in [0, 0.1) is 11.8 Å². The maximum atomic E-state index is 12.5. The molecule has 1 amide bonds. The lowest BCUT2D eigenvalue weighted by atomic mass is 9.97. The molecule has 2 unspecified atom stereocenters. The van der Waals surface area contributed by atoms with Gasteiger partial charge in [-0.05, 0) is 19.8 Å². The molecule has 1 heterocycles. The van der Waals surface area contributed by atoms with Crippen molar-refractivity contribution in [3.8, 4) is 0 Å². The lowest BCUT2D eigenvalue weighted by molar-refractivity contribution is -0.144. The molecule has 1 fully saturated rings. The number of amides is 1. The van der Waals surface area contributed by atoms with Gasteiger partial charge in [0.2, 0.25) is 15.9 Å². The Labute approximate surface area is 126 Å². The Balaban J connectivity index is 2.73. The van der Waals surface area contributed by atoms with E-state index < -0.39 is 21.9 Å². The van der Waals surface area contributed by atoms with Crippen LogP contribution in [-0.4, -0.2) is 67.0 Å². The highest BCUT2D eigenvalue weighted by Crippen LogP contribution is 2.21. The number of hydrogen-bond donors (Lipinski definition) is 1. The molecular formula is C13H24N2O5S. The molecule has 7 nitrogen and oxygen atoms in total. The average molecular weight is 320 g/mol. The predicted octanol–water partition coefficient (Wildman–Crippen LogP) is 0.227. The Morgan fingerprint density at radius 1 is 1.43 bits per heavy atom. The van der Waals surface area contributed by atoms with Gasteiger partial charge >= 0.3 is 5.97 Å². The van der Waals surface area contributed by atoms with Crippen molar-refractivity contribution in [2.75, 3.05) is 32.4 Å². The molecule has 0 saturated carbocycles. The van der Waals surface area contributed by atoms with Crippen molar-refractivity contribution in [1.82, 2.24) is 9.21 Å². The molecule has 0 aliphatic carbocycles. The fraction of sp³-hybridized carbons (Fsp3) is 0.846.